The molecular weight excluding hydrogens is 303 g/mol. The standard InChI is InChI=1S/C13H16Cl2N2O3/c1-8(18)16-2-3-17-13(20)7-12(19)9-4-10(14)6-11(15)5-9/h4-6,12,19H,2-3,7H2,1H3,(H,16,18)(H,17,20). The van der Waals surface area contributed by atoms with Gasteiger partial charge in [-0.3, -0.25) is 9.59 Å². The molecule has 0 bridgehead atoms. The summed E-state index contributed by atoms with van der Waals surface area (Å²) in [5, 5.41) is 15.9. The van der Waals surface area contributed by atoms with Crippen molar-refractivity contribution in [1.82, 2.24) is 10.6 Å². The molecule has 0 heterocycles. The second-order valence-electron chi connectivity index (χ2n) is 4.26. The van der Waals surface area contributed by atoms with E-state index in [2.05, 4.69) is 10.6 Å². The highest BCUT2D eigenvalue weighted by Gasteiger charge is 2.14. The van der Waals surface area contributed by atoms with Crippen molar-refractivity contribution >= 4 is 35.0 Å². The summed E-state index contributed by atoms with van der Waals surface area (Å²) in [4.78, 5) is 22.2. The Bertz CT molecular complexity index is 474. The van der Waals surface area contributed by atoms with Crippen molar-refractivity contribution in [2.24, 2.45) is 0 Å². The maximum Gasteiger partial charge on any atom is 0.223 e. The molecule has 0 saturated carbocycles. The Morgan fingerprint density at radius 3 is 2.25 bits per heavy atom. The summed E-state index contributed by atoms with van der Waals surface area (Å²) >= 11 is 11.7. The van der Waals surface area contributed by atoms with Crippen molar-refractivity contribution < 1.29 is 14.7 Å². The second kappa shape index (κ2) is 8.09. The van der Waals surface area contributed by atoms with E-state index in [1.807, 2.05) is 0 Å². The van der Waals surface area contributed by atoms with Gasteiger partial charge < -0.3 is 15.7 Å². The number of hydrogen-bond acceptors (Lipinski definition) is 3. The molecule has 1 aromatic carbocycles. The van der Waals surface area contributed by atoms with Gasteiger partial charge in [-0.25, -0.2) is 0 Å². The summed E-state index contributed by atoms with van der Waals surface area (Å²) in [5.74, 6) is -0.480. The van der Waals surface area contributed by atoms with Gasteiger partial charge in [0.15, 0.2) is 0 Å². The predicted octanol–water partition coefficient (Wildman–Crippen LogP) is 1.67. The Morgan fingerprint density at radius 1 is 1.15 bits per heavy atom. The van der Waals surface area contributed by atoms with Crippen LogP contribution in [0.15, 0.2) is 18.2 Å². The maximum absolute atomic E-state index is 11.6. The summed E-state index contributed by atoms with van der Waals surface area (Å²) < 4.78 is 0. The summed E-state index contributed by atoms with van der Waals surface area (Å²) in [6, 6.07) is 4.66. The minimum Gasteiger partial charge on any atom is -0.388 e. The molecule has 0 aromatic heterocycles. The maximum atomic E-state index is 11.6. The van der Waals surface area contributed by atoms with Crippen molar-refractivity contribution in [3.63, 3.8) is 0 Å². The highest BCUT2D eigenvalue weighted by Crippen LogP contribution is 2.25. The van der Waals surface area contributed by atoms with E-state index in [-0.39, 0.29) is 18.2 Å². The van der Waals surface area contributed by atoms with Gasteiger partial charge in [-0.2, -0.15) is 0 Å². The number of carbonyl (C=O) groups excluding carboxylic acids is 2. The molecule has 0 aliphatic rings. The Hall–Kier alpha value is -1.30. The Kier molecular flexibility index (Phi) is 6.78. The lowest BCUT2D eigenvalue weighted by atomic mass is 10.1. The molecule has 0 aliphatic carbocycles. The lowest BCUT2D eigenvalue weighted by Crippen LogP contribution is -2.34. The van der Waals surface area contributed by atoms with Crippen LogP contribution in [0.3, 0.4) is 0 Å². The monoisotopic (exact) mass is 318 g/mol. The van der Waals surface area contributed by atoms with E-state index < -0.39 is 6.10 Å². The zero-order valence-corrected chi connectivity index (χ0v) is 12.5. The average Bonchev–Trinajstić information content (AvgIpc) is 2.33. The van der Waals surface area contributed by atoms with E-state index in [1.54, 1.807) is 18.2 Å². The van der Waals surface area contributed by atoms with Gasteiger partial charge >= 0.3 is 0 Å². The fourth-order valence-electron chi connectivity index (χ4n) is 1.57. The molecule has 0 fully saturated rings. The largest absolute Gasteiger partial charge is 0.388 e. The van der Waals surface area contributed by atoms with E-state index in [1.165, 1.54) is 6.92 Å². The SMILES string of the molecule is CC(=O)NCCNC(=O)CC(O)c1cc(Cl)cc(Cl)c1. The minimum absolute atomic E-state index is 0.100. The lowest BCUT2D eigenvalue weighted by Gasteiger charge is -2.12. The number of rotatable bonds is 6. The third-order valence-electron chi connectivity index (χ3n) is 2.47. The predicted molar refractivity (Wildman–Crippen MR) is 77.7 cm³/mol. The minimum atomic E-state index is -0.980. The molecule has 1 aromatic rings. The van der Waals surface area contributed by atoms with Crippen LogP contribution < -0.4 is 10.6 Å². The number of hydrogen-bond donors (Lipinski definition) is 3. The number of nitrogens with one attached hydrogen (secondary N) is 2. The van der Waals surface area contributed by atoms with Crippen LogP contribution in [0.4, 0.5) is 0 Å². The zero-order valence-electron chi connectivity index (χ0n) is 11.0. The molecule has 20 heavy (non-hydrogen) atoms. The molecule has 1 unspecified atom stereocenters. The molecule has 0 saturated heterocycles. The van der Waals surface area contributed by atoms with Crippen molar-refractivity contribution in [3.05, 3.63) is 33.8 Å². The first kappa shape index (κ1) is 16.8. The number of amides is 2. The number of halogens is 2. The van der Waals surface area contributed by atoms with E-state index in [9.17, 15) is 14.7 Å². The van der Waals surface area contributed by atoms with Crippen molar-refractivity contribution in [2.45, 2.75) is 19.4 Å². The topological polar surface area (TPSA) is 78.4 Å². The van der Waals surface area contributed by atoms with E-state index in [0.717, 1.165) is 0 Å². The highest BCUT2D eigenvalue weighted by molar-refractivity contribution is 6.34. The molecule has 0 spiro atoms. The van der Waals surface area contributed by atoms with Gasteiger partial charge in [0.25, 0.3) is 0 Å². The number of aliphatic hydroxyl groups excluding tert-OH is 1. The fraction of sp³-hybridized carbons (Fsp3) is 0.385. The normalized spacial score (nSPS) is 11.8. The van der Waals surface area contributed by atoms with Crippen LogP contribution in [-0.2, 0) is 9.59 Å². The molecule has 1 atom stereocenters. The van der Waals surface area contributed by atoms with Crippen LogP contribution in [-0.4, -0.2) is 30.0 Å². The number of carbonyl (C=O) groups is 2. The summed E-state index contributed by atoms with van der Waals surface area (Å²) in [6.07, 6.45) is -1.08. The quantitative estimate of drug-likeness (QED) is 0.698. The van der Waals surface area contributed by atoms with Crippen LogP contribution in [0.1, 0.15) is 25.0 Å². The number of aliphatic hydroxyl groups is 1. The fourth-order valence-corrected chi connectivity index (χ4v) is 2.12. The van der Waals surface area contributed by atoms with Crippen LogP contribution in [0.5, 0.6) is 0 Å². The van der Waals surface area contributed by atoms with Gasteiger partial charge in [0.1, 0.15) is 0 Å². The third-order valence-corrected chi connectivity index (χ3v) is 2.91. The van der Waals surface area contributed by atoms with Crippen LogP contribution in [0.25, 0.3) is 0 Å². The summed E-state index contributed by atoms with van der Waals surface area (Å²) in [6.45, 7) is 2.05. The van der Waals surface area contributed by atoms with E-state index in [4.69, 9.17) is 23.2 Å². The Balaban J connectivity index is 2.43. The lowest BCUT2D eigenvalue weighted by molar-refractivity contribution is -0.123. The molecule has 1 rings (SSSR count). The molecule has 2 amide bonds. The third kappa shape index (κ3) is 6.23. The molecule has 0 aliphatic heterocycles. The van der Waals surface area contributed by atoms with Gasteiger partial charge in [0.2, 0.25) is 11.8 Å². The second-order valence-corrected chi connectivity index (χ2v) is 5.13. The van der Waals surface area contributed by atoms with Gasteiger partial charge in [-0.05, 0) is 23.8 Å². The first-order valence-corrected chi connectivity index (χ1v) is 6.79. The molecule has 3 N–H and O–H groups in total. The Morgan fingerprint density at radius 2 is 1.70 bits per heavy atom. The van der Waals surface area contributed by atoms with Gasteiger partial charge in [0, 0.05) is 30.1 Å². The molecule has 110 valence electrons. The van der Waals surface area contributed by atoms with E-state index in [0.29, 0.717) is 28.7 Å². The molecular formula is C13H16Cl2N2O3. The summed E-state index contributed by atoms with van der Waals surface area (Å²) in [5.41, 5.74) is 0.486. The first-order valence-electron chi connectivity index (χ1n) is 6.03. The van der Waals surface area contributed by atoms with Gasteiger partial charge in [-0.1, -0.05) is 23.2 Å². The van der Waals surface area contributed by atoms with Gasteiger partial charge in [-0.15, -0.1) is 0 Å². The van der Waals surface area contributed by atoms with Crippen LogP contribution in [0, 0.1) is 0 Å². The molecule has 0 radical (unpaired) electrons. The summed E-state index contributed by atoms with van der Waals surface area (Å²) in [7, 11) is 0. The highest BCUT2D eigenvalue weighted by atomic mass is 35.5. The van der Waals surface area contributed by atoms with Gasteiger partial charge in [0.05, 0.1) is 12.5 Å². The van der Waals surface area contributed by atoms with Crippen LogP contribution in [0.2, 0.25) is 10.0 Å². The average molecular weight is 319 g/mol. The van der Waals surface area contributed by atoms with Crippen LogP contribution >= 0.6 is 23.2 Å². The van der Waals surface area contributed by atoms with Crippen molar-refractivity contribution in [3.8, 4) is 0 Å². The Labute approximate surface area is 127 Å². The zero-order chi connectivity index (χ0) is 15.1. The number of benzene rings is 1. The smallest absolute Gasteiger partial charge is 0.223 e. The molecule has 5 nitrogen and oxygen atoms in total. The van der Waals surface area contributed by atoms with E-state index >= 15 is 0 Å². The first-order chi connectivity index (χ1) is 9.38. The van der Waals surface area contributed by atoms with Crippen molar-refractivity contribution in [2.75, 3.05) is 13.1 Å². The molecule has 7 heteroatoms. The van der Waals surface area contributed by atoms with Crippen molar-refractivity contribution in [1.29, 1.82) is 0 Å².